The Balaban J connectivity index is 1.86. The smallest absolute Gasteiger partial charge is 0.337 e. The second-order valence-corrected chi connectivity index (χ2v) is 6.40. The number of esters is 1. The summed E-state index contributed by atoms with van der Waals surface area (Å²) in [5, 5.41) is 2.73. The van der Waals surface area contributed by atoms with Crippen LogP contribution in [-0.4, -0.2) is 56.1 Å². The van der Waals surface area contributed by atoms with Gasteiger partial charge in [-0.1, -0.05) is 30.3 Å². The van der Waals surface area contributed by atoms with Crippen molar-refractivity contribution in [3.05, 3.63) is 77.0 Å². The minimum atomic E-state index is -0.442. The number of carbonyl (C=O) groups excluding carboxylic acids is 3. The first-order valence-electron chi connectivity index (χ1n) is 9.22. The lowest BCUT2D eigenvalue weighted by Crippen LogP contribution is -2.44. The minimum Gasteiger partial charge on any atom is -0.465 e. The zero-order valence-corrected chi connectivity index (χ0v) is 16.1. The maximum atomic E-state index is 13.0. The van der Waals surface area contributed by atoms with E-state index in [1.54, 1.807) is 59.5 Å². The van der Waals surface area contributed by atoms with Crippen LogP contribution in [0.2, 0.25) is 0 Å². The lowest BCUT2D eigenvalue weighted by atomic mass is 10.1. The second-order valence-electron chi connectivity index (χ2n) is 6.40. The van der Waals surface area contributed by atoms with Crippen LogP contribution >= 0.6 is 0 Å². The van der Waals surface area contributed by atoms with Gasteiger partial charge in [-0.3, -0.25) is 9.59 Å². The fourth-order valence-corrected chi connectivity index (χ4v) is 2.87. The van der Waals surface area contributed by atoms with Crippen LogP contribution in [0.4, 0.5) is 0 Å². The molecule has 1 fully saturated rings. The minimum absolute atomic E-state index is 0.159. The molecule has 1 heterocycles. The Morgan fingerprint density at radius 3 is 2.24 bits per heavy atom. The SMILES string of the molecule is COC(=O)c1ccc(/C=C(\NC(=O)c2ccccc2)C(=O)N2CCOCC2)cc1. The largest absolute Gasteiger partial charge is 0.465 e. The summed E-state index contributed by atoms with van der Waals surface area (Å²) in [5.74, 6) is -1.10. The highest BCUT2D eigenvalue weighted by Crippen LogP contribution is 2.13. The molecular weight excluding hydrogens is 372 g/mol. The molecule has 7 nitrogen and oxygen atoms in total. The van der Waals surface area contributed by atoms with Crippen molar-refractivity contribution in [1.82, 2.24) is 10.2 Å². The van der Waals surface area contributed by atoms with Gasteiger partial charge in [0.2, 0.25) is 0 Å². The Morgan fingerprint density at radius 2 is 1.62 bits per heavy atom. The molecule has 2 amide bonds. The van der Waals surface area contributed by atoms with Crippen LogP contribution < -0.4 is 5.32 Å². The average molecular weight is 394 g/mol. The fourth-order valence-electron chi connectivity index (χ4n) is 2.87. The zero-order chi connectivity index (χ0) is 20.6. The average Bonchev–Trinajstić information content (AvgIpc) is 2.79. The maximum absolute atomic E-state index is 13.0. The molecule has 1 aliphatic rings. The Hall–Kier alpha value is -3.45. The molecule has 29 heavy (non-hydrogen) atoms. The number of hydrogen-bond donors (Lipinski definition) is 1. The molecule has 0 aromatic heterocycles. The van der Waals surface area contributed by atoms with Gasteiger partial charge in [0, 0.05) is 18.7 Å². The third-order valence-corrected chi connectivity index (χ3v) is 4.46. The van der Waals surface area contributed by atoms with Gasteiger partial charge in [-0.05, 0) is 35.9 Å². The number of morpholine rings is 1. The number of benzene rings is 2. The molecule has 7 heteroatoms. The summed E-state index contributed by atoms with van der Waals surface area (Å²) in [6.45, 7) is 1.83. The van der Waals surface area contributed by atoms with Gasteiger partial charge in [-0.15, -0.1) is 0 Å². The molecule has 0 bridgehead atoms. The fraction of sp³-hybridized carbons (Fsp3) is 0.227. The number of nitrogens with zero attached hydrogens (tertiary/aromatic N) is 1. The van der Waals surface area contributed by atoms with Crippen LogP contribution in [0.3, 0.4) is 0 Å². The van der Waals surface area contributed by atoms with E-state index < -0.39 is 5.97 Å². The second kappa shape index (κ2) is 9.66. The van der Waals surface area contributed by atoms with E-state index in [9.17, 15) is 14.4 Å². The van der Waals surface area contributed by atoms with Crippen molar-refractivity contribution in [1.29, 1.82) is 0 Å². The van der Waals surface area contributed by atoms with Crippen LogP contribution in [0.5, 0.6) is 0 Å². The molecule has 1 saturated heterocycles. The predicted molar refractivity (Wildman–Crippen MR) is 107 cm³/mol. The van der Waals surface area contributed by atoms with E-state index in [0.29, 0.717) is 43.0 Å². The summed E-state index contributed by atoms with van der Waals surface area (Å²) in [4.78, 5) is 38.8. The molecule has 0 aliphatic carbocycles. The highest BCUT2D eigenvalue weighted by molar-refractivity contribution is 6.05. The Bertz CT molecular complexity index is 901. The number of rotatable bonds is 5. The highest BCUT2D eigenvalue weighted by Gasteiger charge is 2.22. The summed E-state index contributed by atoms with van der Waals surface area (Å²) < 4.78 is 9.99. The molecule has 2 aromatic carbocycles. The van der Waals surface area contributed by atoms with Crippen molar-refractivity contribution in [3.63, 3.8) is 0 Å². The summed E-state index contributed by atoms with van der Waals surface area (Å²) in [6.07, 6.45) is 1.60. The normalized spacial score (nSPS) is 14.2. The van der Waals surface area contributed by atoms with Crippen molar-refractivity contribution < 1.29 is 23.9 Å². The third-order valence-electron chi connectivity index (χ3n) is 4.46. The molecule has 0 radical (unpaired) electrons. The molecule has 0 atom stereocenters. The van der Waals surface area contributed by atoms with E-state index in [4.69, 9.17) is 9.47 Å². The van der Waals surface area contributed by atoms with Gasteiger partial charge in [0.25, 0.3) is 11.8 Å². The van der Waals surface area contributed by atoms with E-state index in [1.165, 1.54) is 7.11 Å². The van der Waals surface area contributed by atoms with E-state index >= 15 is 0 Å². The molecule has 1 N–H and O–H groups in total. The first kappa shape index (κ1) is 20.3. The van der Waals surface area contributed by atoms with Crippen LogP contribution in [0, 0.1) is 0 Å². The number of nitrogens with one attached hydrogen (secondary N) is 1. The van der Waals surface area contributed by atoms with Gasteiger partial charge in [0.1, 0.15) is 5.70 Å². The molecule has 0 saturated carbocycles. The topological polar surface area (TPSA) is 84.9 Å². The first-order valence-corrected chi connectivity index (χ1v) is 9.22. The first-order chi connectivity index (χ1) is 14.1. The molecule has 150 valence electrons. The predicted octanol–water partition coefficient (Wildman–Crippen LogP) is 2.10. The van der Waals surface area contributed by atoms with Crippen molar-refractivity contribution in [2.45, 2.75) is 0 Å². The van der Waals surface area contributed by atoms with Gasteiger partial charge in [0.15, 0.2) is 0 Å². The molecule has 0 unspecified atom stereocenters. The van der Waals surface area contributed by atoms with Crippen LogP contribution in [0.15, 0.2) is 60.3 Å². The van der Waals surface area contributed by atoms with Crippen LogP contribution in [-0.2, 0) is 14.3 Å². The number of carbonyl (C=O) groups is 3. The highest BCUT2D eigenvalue weighted by atomic mass is 16.5. The number of hydrogen-bond acceptors (Lipinski definition) is 5. The van der Waals surface area contributed by atoms with E-state index in [1.807, 2.05) is 6.07 Å². The zero-order valence-electron chi connectivity index (χ0n) is 16.1. The summed E-state index contributed by atoms with van der Waals surface area (Å²) >= 11 is 0. The standard InChI is InChI=1S/C22H22N2O5/c1-28-22(27)18-9-7-16(8-10-18)15-19(21(26)24-11-13-29-14-12-24)23-20(25)17-5-3-2-4-6-17/h2-10,15H,11-14H2,1H3,(H,23,25)/b19-15-. The Kier molecular flexibility index (Phi) is 6.76. The van der Waals surface area contributed by atoms with Crippen molar-refractivity contribution in [2.75, 3.05) is 33.4 Å². The van der Waals surface area contributed by atoms with Crippen LogP contribution in [0.25, 0.3) is 6.08 Å². The molecular formula is C22H22N2O5. The van der Waals surface area contributed by atoms with Crippen LogP contribution in [0.1, 0.15) is 26.3 Å². The van der Waals surface area contributed by atoms with E-state index in [2.05, 4.69) is 5.32 Å². The lowest BCUT2D eigenvalue weighted by Gasteiger charge is -2.27. The third kappa shape index (κ3) is 5.30. The van der Waals surface area contributed by atoms with Gasteiger partial charge in [-0.25, -0.2) is 4.79 Å². The summed E-state index contributed by atoms with van der Waals surface area (Å²) in [5.41, 5.74) is 1.68. The van der Waals surface area contributed by atoms with E-state index in [0.717, 1.165) is 0 Å². The Morgan fingerprint density at radius 1 is 0.966 bits per heavy atom. The van der Waals surface area contributed by atoms with Crippen molar-refractivity contribution >= 4 is 23.9 Å². The number of amides is 2. The van der Waals surface area contributed by atoms with Crippen molar-refractivity contribution in [3.8, 4) is 0 Å². The molecule has 3 rings (SSSR count). The van der Waals surface area contributed by atoms with E-state index in [-0.39, 0.29) is 17.5 Å². The molecule has 2 aromatic rings. The summed E-state index contributed by atoms with van der Waals surface area (Å²) in [6, 6.07) is 15.3. The molecule has 0 spiro atoms. The number of ether oxygens (including phenoxy) is 2. The maximum Gasteiger partial charge on any atom is 0.337 e. The lowest BCUT2D eigenvalue weighted by molar-refractivity contribution is -0.131. The summed E-state index contributed by atoms with van der Waals surface area (Å²) in [7, 11) is 1.31. The van der Waals surface area contributed by atoms with Gasteiger partial charge in [-0.2, -0.15) is 0 Å². The van der Waals surface area contributed by atoms with Crippen molar-refractivity contribution in [2.24, 2.45) is 0 Å². The van der Waals surface area contributed by atoms with Gasteiger partial charge >= 0.3 is 5.97 Å². The quantitative estimate of drug-likeness (QED) is 0.620. The number of methoxy groups -OCH3 is 1. The molecule has 1 aliphatic heterocycles. The monoisotopic (exact) mass is 394 g/mol. The van der Waals surface area contributed by atoms with Gasteiger partial charge < -0.3 is 19.7 Å². The Labute approximate surface area is 168 Å². The van der Waals surface area contributed by atoms with Gasteiger partial charge in [0.05, 0.1) is 25.9 Å².